The Morgan fingerprint density at radius 3 is 2.62 bits per heavy atom. The molecule has 0 radical (unpaired) electrons. The lowest BCUT2D eigenvalue weighted by atomic mass is 9.92. The summed E-state index contributed by atoms with van der Waals surface area (Å²) in [6.45, 7) is 0.813. The Morgan fingerprint density at radius 1 is 0.811 bits per heavy atom. The van der Waals surface area contributed by atoms with E-state index in [9.17, 15) is 0 Å². The van der Waals surface area contributed by atoms with Crippen molar-refractivity contribution in [1.29, 1.82) is 0 Å². The van der Waals surface area contributed by atoms with E-state index in [2.05, 4.69) is 121 Å². The van der Waals surface area contributed by atoms with Crippen LogP contribution in [0.5, 0.6) is 11.5 Å². The zero-order valence-corrected chi connectivity index (χ0v) is 20.4. The van der Waals surface area contributed by atoms with E-state index < -0.39 is 0 Å². The molecule has 0 unspecified atom stereocenters. The SMILES string of the molecule is Nc1c(/C=C\Cc2cccc(-c3ccc4c(c3)Oc3cccc5cccc-4c35)c2)ccc2c1NCC=C2. The number of hydrogen-bond donors (Lipinski definition) is 2. The Hall–Kier alpha value is -4.76. The van der Waals surface area contributed by atoms with Crippen LogP contribution in [0.1, 0.15) is 16.7 Å². The lowest BCUT2D eigenvalue weighted by Gasteiger charge is -2.22. The van der Waals surface area contributed by atoms with Gasteiger partial charge >= 0.3 is 0 Å². The first-order valence-corrected chi connectivity index (χ1v) is 12.7. The zero-order chi connectivity index (χ0) is 24.8. The first-order chi connectivity index (χ1) is 18.2. The molecule has 0 saturated heterocycles. The highest BCUT2D eigenvalue weighted by atomic mass is 16.5. The van der Waals surface area contributed by atoms with E-state index in [1.54, 1.807) is 0 Å². The summed E-state index contributed by atoms with van der Waals surface area (Å²) in [6.07, 6.45) is 9.36. The first kappa shape index (κ1) is 21.5. The fourth-order valence-corrected chi connectivity index (χ4v) is 5.42. The molecule has 37 heavy (non-hydrogen) atoms. The minimum absolute atomic E-state index is 0.804. The Bertz CT molecular complexity index is 1740. The number of fused-ring (bicyclic) bond motifs is 3. The molecule has 0 bridgehead atoms. The van der Waals surface area contributed by atoms with Crippen molar-refractivity contribution in [2.75, 3.05) is 17.6 Å². The van der Waals surface area contributed by atoms with Crippen LogP contribution in [0.4, 0.5) is 11.4 Å². The molecule has 0 amide bonds. The van der Waals surface area contributed by atoms with Crippen molar-refractivity contribution >= 4 is 34.3 Å². The third-order valence-electron chi connectivity index (χ3n) is 7.28. The van der Waals surface area contributed by atoms with Crippen LogP contribution >= 0.6 is 0 Å². The molecule has 0 spiro atoms. The molecule has 0 fully saturated rings. The van der Waals surface area contributed by atoms with Crippen molar-refractivity contribution in [1.82, 2.24) is 0 Å². The maximum absolute atomic E-state index is 6.43. The maximum atomic E-state index is 6.43. The van der Waals surface area contributed by atoms with Crippen molar-refractivity contribution in [2.45, 2.75) is 6.42 Å². The molecular weight excluding hydrogens is 452 g/mol. The van der Waals surface area contributed by atoms with Crippen molar-refractivity contribution in [3.8, 4) is 33.8 Å². The largest absolute Gasteiger partial charge is 0.456 e. The molecule has 0 atom stereocenters. The predicted molar refractivity (Wildman–Crippen MR) is 156 cm³/mol. The smallest absolute Gasteiger partial charge is 0.135 e. The van der Waals surface area contributed by atoms with Crippen LogP contribution in [-0.4, -0.2) is 6.54 Å². The van der Waals surface area contributed by atoms with E-state index in [0.29, 0.717) is 0 Å². The second-order valence-corrected chi connectivity index (χ2v) is 9.60. The topological polar surface area (TPSA) is 47.3 Å². The van der Waals surface area contributed by atoms with Crippen molar-refractivity contribution in [3.63, 3.8) is 0 Å². The normalized spacial score (nSPS) is 13.2. The molecular formula is C34H26N2O. The average molecular weight is 479 g/mol. The molecule has 5 aromatic rings. The third-order valence-corrected chi connectivity index (χ3v) is 7.28. The fourth-order valence-electron chi connectivity index (χ4n) is 5.42. The second kappa shape index (κ2) is 8.72. The van der Waals surface area contributed by atoms with Crippen LogP contribution in [0.25, 0.3) is 45.2 Å². The maximum Gasteiger partial charge on any atom is 0.135 e. The highest BCUT2D eigenvalue weighted by Gasteiger charge is 2.20. The van der Waals surface area contributed by atoms with E-state index in [-0.39, 0.29) is 0 Å². The van der Waals surface area contributed by atoms with Gasteiger partial charge in [0.1, 0.15) is 11.5 Å². The molecule has 3 N–H and O–H groups in total. The highest BCUT2D eigenvalue weighted by Crippen LogP contribution is 2.47. The summed E-state index contributed by atoms with van der Waals surface area (Å²) in [7, 11) is 0. The number of nitrogens with two attached hydrogens (primary N) is 1. The lowest BCUT2D eigenvalue weighted by molar-refractivity contribution is 0.487. The molecule has 3 nitrogen and oxygen atoms in total. The Morgan fingerprint density at radius 2 is 1.68 bits per heavy atom. The Balaban J connectivity index is 1.16. The van der Waals surface area contributed by atoms with E-state index in [4.69, 9.17) is 10.5 Å². The zero-order valence-electron chi connectivity index (χ0n) is 20.4. The summed E-state index contributed by atoms with van der Waals surface area (Å²) in [4.78, 5) is 0. The van der Waals surface area contributed by atoms with Crippen molar-refractivity contribution in [2.24, 2.45) is 0 Å². The standard InChI is InChI=1S/C34H26N2O/c35-33-24(15-16-25-12-5-19-36-34(25)33)10-1-6-22-7-2-11-26(20-22)27-17-18-28-29-13-3-8-23-9-4-14-30(32(23)29)37-31(28)21-27/h1-5,7-18,20-21,36H,6,19,35H2/b10-1-. The van der Waals surface area contributed by atoms with Crippen LogP contribution in [-0.2, 0) is 6.42 Å². The summed E-state index contributed by atoms with van der Waals surface area (Å²) in [5, 5.41) is 5.77. The number of allylic oxidation sites excluding steroid dienone is 1. The van der Waals surface area contributed by atoms with E-state index in [1.807, 2.05) is 0 Å². The number of nitrogens with one attached hydrogen (secondary N) is 1. The van der Waals surface area contributed by atoms with Gasteiger partial charge in [0.15, 0.2) is 0 Å². The van der Waals surface area contributed by atoms with Gasteiger partial charge in [0.2, 0.25) is 0 Å². The summed E-state index contributed by atoms with van der Waals surface area (Å²) in [6, 6.07) is 32.1. The van der Waals surface area contributed by atoms with Crippen molar-refractivity contribution in [3.05, 3.63) is 120 Å². The van der Waals surface area contributed by atoms with Gasteiger partial charge in [-0.15, -0.1) is 0 Å². The van der Waals surface area contributed by atoms with Gasteiger partial charge in [0.25, 0.3) is 0 Å². The lowest BCUT2D eigenvalue weighted by Crippen LogP contribution is -2.08. The summed E-state index contributed by atoms with van der Waals surface area (Å²) in [5.74, 6) is 1.82. The van der Waals surface area contributed by atoms with Crippen LogP contribution in [0.2, 0.25) is 0 Å². The third kappa shape index (κ3) is 3.76. The van der Waals surface area contributed by atoms with Gasteiger partial charge in [0.05, 0.1) is 11.4 Å². The van der Waals surface area contributed by atoms with Crippen molar-refractivity contribution < 1.29 is 4.74 Å². The molecule has 2 heterocycles. The van der Waals surface area contributed by atoms with Gasteiger partial charge in [-0.25, -0.2) is 0 Å². The number of anilines is 2. The molecule has 2 aliphatic rings. The summed E-state index contributed by atoms with van der Waals surface area (Å²) in [5.41, 5.74) is 16.4. The van der Waals surface area contributed by atoms with Gasteiger partial charge in [-0.3, -0.25) is 0 Å². The monoisotopic (exact) mass is 478 g/mol. The molecule has 0 aromatic heterocycles. The van der Waals surface area contributed by atoms with Gasteiger partial charge in [-0.05, 0) is 63.4 Å². The van der Waals surface area contributed by atoms with Gasteiger partial charge in [-0.1, -0.05) is 97.1 Å². The van der Waals surface area contributed by atoms with Gasteiger partial charge < -0.3 is 15.8 Å². The number of ether oxygens (including phenoxy) is 1. The molecule has 0 saturated carbocycles. The van der Waals surface area contributed by atoms with E-state index >= 15 is 0 Å². The molecule has 5 aromatic carbocycles. The van der Waals surface area contributed by atoms with Crippen LogP contribution in [0, 0.1) is 0 Å². The molecule has 0 aliphatic carbocycles. The van der Waals surface area contributed by atoms with E-state index in [0.717, 1.165) is 58.1 Å². The van der Waals surface area contributed by atoms with Gasteiger partial charge in [-0.2, -0.15) is 0 Å². The first-order valence-electron chi connectivity index (χ1n) is 12.7. The highest BCUT2D eigenvalue weighted by molar-refractivity contribution is 6.04. The predicted octanol–water partition coefficient (Wildman–Crippen LogP) is 8.56. The van der Waals surface area contributed by atoms with Gasteiger partial charge in [0, 0.05) is 17.5 Å². The molecule has 2 aliphatic heterocycles. The number of benzene rings is 5. The van der Waals surface area contributed by atoms with Crippen LogP contribution < -0.4 is 15.8 Å². The molecule has 178 valence electrons. The molecule has 3 heteroatoms. The summed E-state index contributed by atoms with van der Waals surface area (Å²) < 4.78 is 6.37. The minimum atomic E-state index is 0.804. The minimum Gasteiger partial charge on any atom is -0.456 e. The number of nitrogen functional groups attached to an aromatic ring is 1. The van der Waals surface area contributed by atoms with Crippen LogP contribution in [0.15, 0.2) is 103 Å². The number of hydrogen-bond acceptors (Lipinski definition) is 3. The summed E-state index contributed by atoms with van der Waals surface area (Å²) >= 11 is 0. The quantitative estimate of drug-likeness (QED) is 0.250. The van der Waals surface area contributed by atoms with Crippen LogP contribution in [0.3, 0.4) is 0 Å². The molecule has 7 rings (SSSR count). The fraction of sp³-hybridized carbons (Fsp3) is 0.0588. The number of rotatable bonds is 4. The Kier molecular flexibility index (Phi) is 5.07. The Labute approximate surface area is 216 Å². The average Bonchev–Trinajstić information content (AvgIpc) is 2.95. The van der Waals surface area contributed by atoms with E-state index in [1.165, 1.54) is 27.5 Å². The second-order valence-electron chi connectivity index (χ2n) is 9.60.